The highest BCUT2D eigenvalue weighted by molar-refractivity contribution is 7.98. The third-order valence-corrected chi connectivity index (χ3v) is 3.78. The van der Waals surface area contributed by atoms with Gasteiger partial charge < -0.3 is 0 Å². The van der Waals surface area contributed by atoms with E-state index in [4.69, 9.17) is 0 Å². The average molecular weight is 274 g/mol. The summed E-state index contributed by atoms with van der Waals surface area (Å²) in [4.78, 5) is 11.8. The van der Waals surface area contributed by atoms with E-state index in [1.807, 2.05) is 18.2 Å². The van der Waals surface area contributed by atoms with Crippen molar-refractivity contribution in [2.24, 2.45) is 0 Å². The van der Waals surface area contributed by atoms with Crippen LogP contribution in [0.15, 0.2) is 54.6 Å². The number of halogens is 1. The highest BCUT2D eigenvalue weighted by Gasteiger charge is 2.05. The first-order valence-corrected chi connectivity index (χ1v) is 7.31. The molecule has 0 bridgehead atoms. The Balaban J connectivity index is 1.74. The Morgan fingerprint density at radius 1 is 1.00 bits per heavy atom. The fourth-order valence-corrected chi connectivity index (χ4v) is 2.61. The molecule has 2 aromatic rings. The number of ketones is 1. The fourth-order valence-electron chi connectivity index (χ4n) is 1.71. The minimum absolute atomic E-state index is 0.0700. The zero-order valence-corrected chi connectivity index (χ0v) is 11.3. The van der Waals surface area contributed by atoms with Crippen LogP contribution >= 0.6 is 11.8 Å². The van der Waals surface area contributed by atoms with Gasteiger partial charge in [0.15, 0.2) is 5.78 Å². The van der Waals surface area contributed by atoms with E-state index in [0.717, 1.165) is 11.5 Å². The maximum absolute atomic E-state index is 12.7. The predicted octanol–water partition coefficient (Wildman–Crippen LogP) is 4.33. The number of rotatable bonds is 6. The first-order chi connectivity index (χ1) is 9.25. The Morgan fingerprint density at radius 2 is 1.68 bits per heavy atom. The summed E-state index contributed by atoms with van der Waals surface area (Å²) in [6.07, 6.45) is 0.489. The molecule has 0 aromatic heterocycles. The Hall–Kier alpha value is -1.61. The Morgan fingerprint density at radius 3 is 2.37 bits per heavy atom. The van der Waals surface area contributed by atoms with Crippen molar-refractivity contribution in [1.29, 1.82) is 0 Å². The molecule has 0 radical (unpaired) electrons. The van der Waals surface area contributed by atoms with Gasteiger partial charge in [0, 0.05) is 23.5 Å². The van der Waals surface area contributed by atoms with Crippen LogP contribution in [-0.4, -0.2) is 11.5 Å². The smallest absolute Gasteiger partial charge is 0.163 e. The molecular weight excluding hydrogens is 259 g/mol. The lowest BCUT2D eigenvalue weighted by atomic mass is 10.1. The van der Waals surface area contributed by atoms with E-state index in [2.05, 4.69) is 12.1 Å². The summed E-state index contributed by atoms with van der Waals surface area (Å²) in [6, 6.07) is 15.9. The molecule has 2 aromatic carbocycles. The van der Waals surface area contributed by atoms with E-state index in [0.29, 0.717) is 12.0 Å². The molecule has 0 heterocycles. The highest BCUT2D eigenvalue weighted by Crippen LogP contribution is 2.14. The van der Waals surface area contributed by atoms with Crippen LogP contribution in [0.25, 0.3) is 0 Å². The van der Waals surface area contributed by atoms with Crippen LogP contribution in [0.4, 0.5) is 4.39 Å². The SMILES string of the molecule is O=C(CCSCc1ccccc1)c1ccc(F)cc1. The largest absolute Gasteiger partial charge is 0.294 e. The van der Waals surface area contributed by atoms with Crippen molar-refractivity contribution in [2.45, 2.75) is 12.2 Å². The predicted molar refractivity (Wildman–Crippen MR) is 78.0 cm³/mol. The van der Waals surface area contributed by atoms with Gasteiger partial charge in [0.1, 0.15) is 5.82 Å². The van der Waals surface area contributed by atoms with E-state index >= 15 is 0 Å². The summed E-state index contributed by atoms with van der Waals surface area (Å²) in [7, 11) is 0. The van der Waals surface area contributed by atoms with Gasteiger partial charge in [-0.25, -0.2) is 4.39 Å². The molecule has 0 N–H and O–H groups in total. The number of benzene rings is 2. The molecule has 0 saturated carbocycles. The van der Waals surface area contributed by atoms with Crippen LogP contribution in [-0.2, 0) is 5.75 Å². The van der Waals surface area contributed by atoms with E-state index in [1.165, 1.54) is 17.7 Å². The Labute approximate surface area is 116 Å². The summed E-state index contributed by atoms with van der Waals surface area (Å²) in [5, 5.41) is 0. The lowest BCUT2D eigenvalue weighted by Crippen LogP contribution is -2.00. The maximum atomic E-state index is 12.7. The zero-order valence-electron chi connectivity index (χ0n) is 10.5. The molecule has 98 valence electrons. The van der Waals surface area contributed by atoms with Crippen LogP contribution in [0, 0.1) is 5.82 Å². The lowest BCUT2D eigenvalue weighted by Gasteiger charge is -2.02. The number of Topliss-reactive ketones (excluding diaryl/α,β-unsaturated/α-hetero) is 1. The molecule has 0 unspecified atom stereocenters. The van der Waals surface area contributed by atoms with Crippen molar-refractivity contribution >= 4 is 17.5 Å². The van der Waals surface area contributed by atoms with Crippen molar-refractivity contribution in [3.63, 3.8) is 0 Å². The summed E-state index contributed by atoms with van der Waals surface area (Å²) < 4.78 is 12.7. The zero-order chi connectivity index (χ0) is 13.5. The molecular formula is C16H15FOS. The van der Waals surface area contributed by atoms with E-state index < -0.39 is 0 Å². The minimum Gasteiger partial charge on any atom is -0.294 e. The monoisotopic (exact) mass is 274 g/mol. The maximum Gasteiger partial charge on any atom is 0.163 e. The second-order valence-corrected chi connectivity index (χ2v) is 5.32. The summed E-state index contributed by atoms with van der Waals surface area (Å²) in [5.74, 6) is 1.46. The van der Waals surface area contributed by atoms with Gasteiger partial charge in [0.05, 0.1) is 0 Å². The molecule has 0 aliphatic heterocycles. The normalized spacial score (nSPS) is 10.4. The van der Waals surface area contributed by atoms with Gasteiger partial charge in [-0.1, -0.05) is 30.3 Å². The molecule has 0 amide bonds. The molecule has 3 heteroatoms. The number of hydrogen-bond acceptors (Lipinski definition) is 2. The summed E-state index contributed by atoms with van der Waals surface area (Å²) >= 11 is 1.74. The van der Waals surface area contributed by atoms with Crippen LogP contribution in [0.2, 0.25) is 0 Å². The average Bonchev–Trinajstić information content (AvgIpc) is 2.45. The van der Waals surface area contributed by atoms with Crippen molar-refractivity contribution in [3.05, 3.63) is 71.5 Å². The Bertz CT molecular complexity index is 522. The quantitative estimate of drug-likeness (QED) is 0.576. The molecule has 0 fully saturated rings. The number of carbonyl (C=O) groups is 1. The van der Waals surface area contributed by atoms with Crippen molar-refractivity contribution in [2.75, 3.05) is 5.75 Å². The van der Waals surface area contributed by atoms with Crippen LogP contribution in [0.1, 0.15) is 22.3 Å². The van der Waals surface area contributed by atoms with Gasteiger partial charge >= 0.3 is 0 Å². The van der Waals surface area contributed by atoms with Gasteiger partial charge in [-0.3, -0.25) is 4.79 Å². The van der Waals surface area contributed by atoms with Crippen LogP contribution in [0.5, 0.6) is 0 Å². The lowest BCUT2D eigenvalue weighted by molar-refractivity contribution is 0.0989. The number of thioether (sulfide) groups is 1. The molecule has 0 aliphatic rings. The molecule has 1 nitrogen and oxygen atoms in total. The van der Waals surface area contributed by atoms with Crippen molar-refractivity contribution in [3.8, 4) is 0 Å². The Kier molecular flexibility index (Phi) is 5.16. The third kappa shape index (κ3) is 4.52. The molecule has 2 rings (SSSR count). The number of hydrogen-bond donors (Lipinski definition) is 0. The minimum atomic E-state index is -0.310. The van der Waals surface area contributed by atoms with Crippen LogP contribution < -0.4 is 0 Å². The summed E-state index contributed by atoms with van der Waals surface area (Å²) in [6.45, 7) is 0. The molecule has 0 atom stereocenters. The standard InChI is InChI=1S/C16H15FOS/c17-15-8-6-14(7-9-15)16(18)10-11-19-12-13-4-2-1-3-5-13/h1-9H,10-12H2. The first-order valence-electron chi connectivity index (χ1n) is 6.16. The van der Waals surface area contributed by atoms with Crippen molar-refractivity contribution < 1.29 is 9.18 Å². The van der Waals surface area contributed by atoms with Crippen molar-refractivity contribution in [1.82, 2.24) is 0 Å². The van der Waals surface area contributed by atoms with Gasteiger partial charge in [-0.05, 0) is 29.8 Å². The molecule has 0 aliphatic carbocycles. The number of carbonyl (C=O) groups excluding carboxylic acids is 1. The van der Waals surface area contributed by atoms with E-state index in [-0.39, 0.29) is 11.6 Å². The van der Waals surface area contributed by atoms with Crippen LogP contribution in [0.3, 0.4) is 0 Å². The highest BCUT2D eigenvalue weighted by atomic mass is 32.2. The van der Waals surface area contributed by atoms with Gasteiger partial charge in [-0.2, -0.15) is 11.8 Å². The topological polar surface area (TPSA) is 17.1 Å². The van der Waals surface area contributed by atoms with E-state index in [1.54, 1.807) is 23.9 Å². The third-order valence-electron chi connectivity index (χ3n) is 2.75. The first kappa shape index (κ1) is 13.8. The van der Waals surface area contributed by atoms with Gasteiger partial charge in [0.2, 0.25) is 0 Å². The molecule has 19 heavy (non-hydrogen) atoms. The van der Waals surface area contributed by atoms with E-state index in [9.17, 15) is 9.18 Å². The summed E-state index contributed by atoms with van der Waals surface area (Å²) in [5.41, 5.74) is 1.85. The molecule has 0 saturated heterocycles. The second kappa shape index (κ2) is 7.10. The molecule has 0 spiro atoms. The second-order valence-electron chi connectivity index (χ2n) is 4.22. The van der Waals surface area contributed by atoms with Gasteiger partial charge in [0.25, 0.3) is 0 Å². The van der Waals surface area contributed by atoms with Gasteiger partial charge in [-0.15, -0.1) is 0 Å². The fraction of sp³-hybridized carbons (Fsp3) is 0.188.